The summed E-state index contributed by atoms with van der Waals surface area (Å²) in [6, 6.07) is 10.2. The summed E-state index contributed by atoms with van der Waals surface area (Å²) < 4.78 is 0. The number of carbonyl (C=O) groups excluding carboxylic acids is 2. The third-order valence-electron chi connectivity index (χ3n) is 5.86. The molecule has 1 unspecified atom stereocenters. The van der Waals surface area contributed by atoms with Gasteiger partial charge in [-0.15, -0.1) is 0 Å². The number of nitrogens with zero attached hydrogens (tertiary/aromatic N) is 2. The summed E-state index contributed by atoms with van der Waals surface area (Å²) in [6.45, 7) is 8.20. The van der Waals surface area contributed by atoms with Crippen molar-refractivity contribution in [1.82, 2.24) is 15.1 Å². The molecule has 0 saturated carbocycles. The van der Waals surface area contributed by atoms with Crippen molar-refractivity contribution in [2.75, 3.05) is 32.7 Å². The summed E-state index contributed by atoms with van der Waals surface area (Å²) in [6.07, 6.45) is 4.02. The molecule has 5 nitrogen and oxygen atoms in total. The van der Waals surface area contributed by atoms with Crippen molar-refractivity contribution in [3.8, 4) is 0 Å². The van der Waals surface area contributed by atoms with Gasteiger partial charge in [-0.1, -0.05) is 44.2 Å². The molecule has 2 heterocycles. The molecule has 0 radical (unpaired) electrons. The molecule has 2 amide bonds. The molecule has 0 aromatic heterocycles. The van der Waals surface area contributed by atoms with Gasteiger partial charge in [0.1, 0.15) is 0 Å². The van der Waals surface area contributed by atoms with E-state index in [0.717, 1.165) is 57.4 Å². The Hall–Kier alpha value is -1.88. The van der Waals surface area contributed by atoms with Crippen molar-refractivity contribution in [1.29, 1.82) is 0 Å². The quantitative estimate of drug-likeness (QED) is 0.837. The van der Waals surface area contributed by atoms with Crippen LogP contribution in [-0.2, 0) is 9.59 Å². The molecule has 2 fully saturated rings. The molecule has 2 saturated heterocycles. The first-order chi connectivity index (χ1) is 13.0. The Morgan fingerprint density at radius 2 is 1.67 bits per heavy atom. The van der Waals surface area contributed by atoms with Gasteiger partial charge in [0.15, 0.2) is 0 Å². The van der Waals surface area contributed by atoms with Crippen LogP contribution in [0.4, 0.5) is 0 Å². The predicted octanol–water partition coefficient (Wildman–Crippen LogP) is 2.83. The number of likely N-dealkylation sites (tertiary alicyclic amines) is 2. The van der Waals surface area contributed by atoms with E-state index in [9.17, 15) is 9.59 Å². The molecule has 0 bridgehead atoms. The van der Waals surface area contributed by atoms with Gasteiger partial charge in [-0.2, -0.15) is 0 Å². The SMILES string of the molecule is CC(C)C(NC(=O)CN1CCC(C(=O)N2CCCC2)CC1)c1ccccc1. The molecule has 3 rings (SSSR count). The van der Waals surface area contributed by atoms with Crippen molar-refractivity contribution < 1.29 is 9.59 Å². The lowest BCUT2D eigenvalue weighted by Crippen LogP contribution is -2.45. The van der Waals surface area contributed by atoms with E-state index in [1.807, 2.05) is 23.1 Å². The normalized spacial score (nSPS) is 20.0. The molecule has 1 aromatic carbocycles. The minimum Gasteiger partial charge on any atom is -0.348 e. The van der Waals surface area contributed by atoms with Crippen molar-refractivity contribution in [3.05, 3.63) is 35.9 Å². The van der Waals surface area contributed by atoms with Crippen LogP contribution in [-0.4, -0.2) is 54.3 Å². The fourth-order valence-corrected chi connectivity index (χ4v) is 4.25. The number of hydrogen-bond donors (Lipinski definition) is 1. The molecule has 27 heavy (non-hydrogen) atoms. The van der Waals surface area contributed by atoms with Crippen LogP contribution in [0.15, 0.2) is 30.3 Å². The van der Waals surface area contributed by atoms with Crippen molar-refractivity contribution in [3.63, 3.8) is 0 Å². The molecule has 2 aliphatic heterocycles. The monoisotopic (exact) mass is 371 g/mol. The summed E-state index contributed by atoms with van der Waals surface area (Å²) >= 11 is 0. The summed E-state index contributed by atoms with van der Waals surface area (Å²) in [5, 5.41) is 3.20. The molecular weight excluding hydrogens is 338 g/mol. The van der Waals surface area contributed by atoms with E-state index < -0.39 is 0 Å². The van der Waals surface area contributed by atoms with E-state index >= 15 is 0 Å². The molecule has 0 spiro atoms. The summed E-state index contributed by atoms with van der Waals surface area (Å²) in [5.41, 5.74) is 1.15. The van der Waals surface area contributed by atoms with Gasteiger partial charge in [0, 0.05) is 19.0 Å². The Labute approximate surface area is 163 Å². The van der Waals surface area contributed by atoms with Crippen LogP contribution >= 0.6 is 0 Å². The molecular formula is C22H33N3O2. The number of rotatable bonds is 6. The van der Waals surface area contributed by atoms with Gasteiger partial charge in [-0.05, 0) is 50.3 Å². The van der Waals surface area contributed by atoms with Gasteiger partial charge < -0.3 is 10.2 Å². The summed E-state index contributed by atoms with van der Waals surface area (Å²) in [5.74, 6) is 0.887. The molecule has 1 N–H and O–H groups in total. The van der Waals surface area contributed by atoms with Crippen LogP contribution in [0.1, 0.15) is 51.1 Å². The lowest BCUT2D eigenvalue weighted by atomic mass is 9.95. The largest absolute Gasteiger partial charge is 0.348 e. The van der Waals surface area contributed by atoms with Crippen LogP contribution in [0.3, 0.4) is 0 Å². The maximum absolute atomic E-state index is 12.6. The van der Waals surface area contributed by atoms with Gasteiger partial charge in [-0.3, -0.25) is 14.5 Å². The van der Waals surface area contributed by atoms with E-state index in [0.29, 0.717) is 18.4 Å². The van der Waals surface area contributed by atoms with Crippen LogP contribution in [0.2, 0.25) is 0 Å². The van der Waals surface area contributed by atoms with Gasteiger partial charge in [0.25, 0.3) is 0 Å². The zero-order chi connectivity index (χ0) is 19.2. The summed E-state index contributed by atoms with van der Waals surface area (Å²) in [7, 11) is 0. The van der Waals surface area contributed by atoms with Crippen LogP contribution in [0.25, 0.3) is 0 Å². The lowest BCUT2D eigenvalue weighted by molar-refractivity contribution is -0.136. The zero-order valence-electron chi connectivity index (χ0n) is 16.7. The Kier molecular flexibility index (Phi) is 6.89. The predicted molar refractivity (Wildman–Crippen MR) is 107 cm³/mol. The first kappa shape index (κ1) is 19.9. The average molecular weight is 372 g/mol. The first-order valence-electron chi connectivity index (χ1n) is 10.4. The highest BCUT2D eigenvalue weighted by Crippen LogP contribution is 2.23. The molecule has 5 heteroatoms. The van der Waals surface area contributed by atoms with Crippen molar-refractivity contribution >= 4 is 11.8 Å². The van der Waals surface area contributed by atoms with Gasteiger partial charge in [0.2, 0.25) is 11.8 Å². The Morgan fingerprint density at radius 1 is 1.04 bits per heavy atom. The highest BCUT2D eigenvalue weighted by molar-refractivity contribution is 5.80. The number of carbonyl (C=O) groups is 2. The number of nitrogens with one attached hydrogen (secondary N) is 1. The fraction of sp³-hybridized carbons (Fsp3) is 0.636. The highest BCUT2D eigenvalue weighted by Gasteiger charge is 2.30. The smallest absolute Gasteiger partial charge is 0.234 e. The molecule has 148 valence electrons. The third-order valence-corrected chi connectivity index (χ3v) is 5.86. The Bertz CT molecular complexity index is 618. The topological polar surface area (TPSA) is 52.7 Å². The number of hydrogen-bond acceptors (Lipinski definition) is 3. The first-order valence-corrected chi connectivity index (χ1v) is 10.4. The van der Waals surface area contributed by atoms with E-state index in [-0.39, 0.29) is 17.9 Å². The maximum Gasteiger partial charge on any atom is 0.234 e. The minimum atomic E-state index is 0.0352. The van der Waals surface area contributed by atoms with Gasteiger partial charge in [-0.25, -0.2) is 0 Å². The number of piperidine rings is 1. The lowest BCUT2D eigenvalue weighted by Gasteiger charge is -2.33. The molecule has 0 aliphatic carbocycles. The van der Waals surface area contributed by atoms with E-state index in [4.69, 9.17) is 0 Å². The van der Waals surface area contributed by atoms with Crippen molar-refractivity contribution in [2.45, 2.75) is 45.6 Å². The van der Waals surface area contributed by atoms with Gasteiger partial charge in [0.05, 0.1) is 12.6 Å². The third kappa shape index (κ3) is 5.32. The van der Waals surface area contributed by atoms with E-state index in [1.165, 1.54) is 0 Å². The van der Waals surface area contributed by atoms with Gasteiger partial charge >= 0.3 is 0 Å². The average Bonchev–Trinajstić information content (AvgIpc) is 3.21. The zero-order valence-corrected chi connectivity index (χ0v) is 16.7. The number of benzene rings is 1. The Morgan fingerprint density at radius 3 is 2.26 bits per heavy atom. The standard InChI is InChI=1S/C22H33N3O2/c1-17(2)21(18-8-4-3-5-9-18)23-20(26)16-24-14-10-19(11-15-24)22(27)25-12-6-7-13-25/h3-5,8-9,17,19,21H,6-7,10-16H2,1-2H3,(H,23,26). The molecule has 1 aromatic rings. The van der Waals surface area contributed by atoms with E-state index in [1.54, 1.807) is 0 Å². The van der Waals surface area contributed by atoms with Crippen LogP contribution < -0.4 is 5.32 Å². The van der Waals surface area contributed by atoms with Crippen LogP contribution in [0.5, 0.6) is 0 Å². The summed E-state index contributed by atoms with van der Waals surface area (Å²) in [4.78, 5) is 29.3. The van der Waals surface area contributed by atoms with Crippen molar-refractivity contribution in [2.24, 2.45) is 11.8 Å². The molecule has 2 aliphatic rings. The fourth-order valence-electron chi connectivity index (χ4n) is 4.25. The second kappa shape index (κ2) is 9.36. The van der Waals surface area contributed by atoms with E-state index in [2.05, 4.69) is 36.2 Å². The second-order valence-electron chi connectivity index (χ2n) is 8.28. The molecule has 1 atom stereocenters. The minimum absolute atomic E-state index is 0.0352. The van der Waals surface area contributed by atoms with Crippen LogP contribution in [0, 0.1) is 11.8 Å². The highest BCUT2D eigenvalue weighted by atomic mass is 16.2. The maximum atomic E-state index is 12.6. The Balaban J connectivity index is 1.46. The number of amides is 2. The second-order valence-corrected chi connectivity index (χ2v) is 8.28.